The molecule has 5 heteroatoms. The summed E-state index contributed by atoms with van der Waals surface area (Å²) < 4.78 is 11.5. The third-order valence-corrected chi connectivity index (χ3v) is 4.68. The van der Waals surface area contributed by atoms with Crippen LogP contribution in [0.4, 0.5) is 5.69 Å². The Kier molecular flexibility index (Phi) is 6.49. The van der Waals surface area contributed by atoms with Crippen LogP contribution in [0.2, 0.25) is 0 Å². The summed E-state index contributed by atoms with van der Waals surface area (Å²) in [5.41, 5.74) is 0.746. The molecule has 0 aliphatic carbocycles. The average molecular weight is 332 g/mol. The molecule has 1 unspecified atom stereocenters. The van der Waals surface area contributed by atoms with E-state index < -0.39 is 0 Å². The maximum absolute atomic E-state index is 12.4. The lowest BCUT2D eigenvalue weighted by molar-refractivity contribution is -0.117. The molecule has 2 fully saturated rings. The van der Waals surface area contributed by atoms with E-state index in [0.717, 1.165) is 44.0 Å². The van der Waals surface area contributed by atoms with E-state index in [2.05, 4.69) is 10.2 Å². The van der Waals surface area contributed by atoms with Crippen molar-refractivity contribution in [1.29, 1.82) is 0 Å². The molecule has 132 valence electrons. The average Bonchev–Trinajstić information content (AvgIpc) is 2.98. The minimum atomic E-state index is 0.0325. The molecule has 1 aromatic carbocycles. The Morgan fingerprint density at radius 1 is 1.17 bits per heavy atom. The Hall–Kier alpha value is -1.59. The first kappa shape index (κ1) is 17.2. The molecule has 3 rings (SSSR count). The van der Waals surface area contributed by atoms with Gasteiger partial charge in [-0.3, -0.25) is 9.69 Å². The van der Waals surface area contributed by atoms with Gasteiger partial charge in [-0.1, -0.05) is 25.0 Å². The Morgan fingerprint density at radius 2 is 1.96 bits per heavy atom. The first-order chi connectivity index (χ1) is 11.8. The number of amides is 1. The van der Waals surface area contributed by atoms with Crippen LogP contribution < -0.4 is 10.1 Å². The van der Waals surface area contributed by atoms with Gasteiger partial charge in [-0.25, -0.2) is 0 Å². The smallest absolute Gasteiger partial charge is 0.238 e. The lowest BCUT2D eigenvalue weighted by Gasteiger charge is -2.20. The van der Waals surface area contributed by atoms with Crippen molar-refractivity contribution in [2.75, 3.05) is 38.2 Å². The van der Waals surface area contributed by atoms with E-state index in [1.165, 1.54) is 25.7 Å². The SMILES string of the molecule is O=C(CN1CCCCCC1)Nc1ccccc1OCC1CCCO1. The highest BCUT2D eigenvalue weighted by atomic mass is 16.5. The summed E-state index contributed by atoms with van der Waals surface area (Å²) in [5.74, 6) is 0.752. The highest BCUT2D eigenvalue weighted by Gasteiger charge is 2.18. The predicted molar refractivity (Wildman–Crippen MR) is 94.4 cm³/mol. The molecule has 0 saturated carbocycles. The fraction of sp³-hybridized carbons (Fsp3) is 0.632. The normalized spacial score (nSPS) is 22.1. The van der Waals surface area contributed by atoms with Crippen molar-refractivity contribution >= 4 is 11.6 Å². The van der Waals surface area contributed by atoms with Crippen LogP contribution in [0, 0.1) is 0 Å². The number of carbonyl (C=O) groups excluding carboxylic acids is 1. The second kappa shape index (κ2) is 9.04. The van der Waals surface area contributed by atoms with E-state index >= 15 is 0 Å². The topological polar surface area (TPSA) is 50.8 Å². The van der Waals surface area contributed by atoms with Crippen LogP contribution in [0.15, 0.2) is 24.3 Å². The number of anilines is 1. The summed E-state index contributed by atoms with van der Waals surface area (Å²) in [5, 5.41) is 3.01. The molecule has 1 N–H and O–H groups in total. The van der Waals surface area contributed by atoms with Crippen LogP contribution in [0.5, 0.6) is 5.75 Å². The third-order valence-electron chi connectivity index (χ3n) is 4.68. The van der Waals surface area contributed by atoms with Crippen LogP contribution in [-0.4, -0.2) is 49.8 Å². The van der Waals surface area contributed by atoms with Gasteiger partial charge in [0.25, 0.3) is 0 Å². The van der Waals surface area contributed by atoms with E-state index in [-0.39, 0.29) is 12.0 Å². The molecule has 1 atom stereocenters. The molecule has 24 heavy (non-hydrogen) atoms. The summed E-state index contributed by atoms with van der Waals surface area (Å²) in [6, 6.07) is 7.64. The molecule has 0 radical (unpaired) electrons. The van der Waals surface area contributed by atoms with E-state index in [1.807, 2.05) is 24.3 Å². The summed E-state index contributed by atoms with van der Waals surface area (Å²) in [6.07, 6.45) is 7.25. The van der Waals surface area contributed by atoms with Crippen molar-refractivity contribution in [3.63, 3.8) is 0 Å². The largest absolute Gasteiger partial charge is 0.489 e. The fourth-order valence-electron chi connectivity index (χ4n) is 3.34. The van der Waals surface area contributed by atoms with Crippen molar-refractivity contribution in [2.45, 2.75) is 44.6 Å². The quantitative estimate of drug-likeness (QED) is 0.870. The van der Waals surface area contributed by atoms with Gasteiger partial charge in [0.05, 0.1) is 18.3 Å². The third kappa shape index (κ3) is 5.21. The molecule has 5 nitrogen and oxygen atoms in total. The van der Waals surface area contributed by atoms with Crippen LogP contribution in [-0.2, 0) is 9.53 Å². The number of rotatable bonds is 6. The number of ether oxygens (including phenoxy) is 2. The first-order valence-electron chi connectivity index (χ1n) is 9.17. The number of para-hydroxylation sites is 2. The zero-order valence-corrected chi connectivity index (χ0v) is 14.3. The minimum Gasteiger partial charge on any atom is -0.489 e. The van der Waals surface area contributed by atoms with E-state index in [9.17, 15) is 4.79 Å². The van der Waals surface area contributed by atoms with Gasteiger partial charge in [0, 0.05) is 6.61 Å². The van der Waals surface area contributed by atoms with E-state index in [1.54, 1.807) is 0 Å². The van der Waals surface area contributed by atoms with Gasteiger partial charge in [0.15, 0.2) is 0 Å². The van der Waals surface area contributed by atoms with Gasteiger partial charge in [0.2, 0.25) is 5.91 Å². The van der Waals surface area contributed by atoms with Crippen molar-refractivity contribution < 1.29 is 14.3 Å². The van der Waals surface area contributed by atoms with Gasteiger partial charge < -0.3 is 14.8 Å². The van der Waals surface area contributed by atoms with Crippen molar-refractivity contribution in [1.82, 2.24) is 4.90 Å². The number of benzene rings is 1. The highest BCUT2D eigenvalue weighted by Crippen LogP contribution is 2.25. The predicted octanol–water partition coefficient (Wildman–Crippen LogP) is 3.06. The van der Waals surface area contributed by atoms with Gasteiger partial charge in [-0.2, -0.15) is 0 Å². The Morgan fingerprint density at radius 3 is 2.71 bits per heavy atom. The van der Waals surface area contributed by atoms with E-state index in [4.69, 9.17) is 9.47 Å². The monoisotopic (exact) mass is 332 g/mol. The van der Waals surface area contributed by atoms with E-state index in [0.29, 0.717) is 13.2 Å². The molecule has 2 aliphatic rings. The number of likely N-dealkylation sites (tertiary alicyclic amines) is 1. The second-order valence-electron chi connectivity index (χ2n) is 6.68. The van der Waals surface area contributed by atoms with Gasteiger partial charge in [-0.05, 0) is 50.9 Å². The molecule has 2 saturated heterocycles. The number of hydrogen-bond acceptors (Lipinski definition) is 4. The van der Waals surface area contributed by atoms with Crippen LogP contribution in [0.1, 0.15) is 38.5 Å². The summed E-state index contributed by atoms with van der Waals surface area (Å²) in [6.45, 7) is 3.86. The van der Waals surface area contributed by atoms with Crippen molar-refractivity contribution in [3.8, 4) is 5.75 Å². The lowest BCUT2D eigenvalue weighted by atomic mass is 10.2. The fourth-order valence-corrected chi connectivity index (χ4v) is 3.34. The summed E-state index contributed by atoms with van der Waals surface area (Å²) >= 11 is 0. The number of hydrogen-bond donors (Lipinski definition) is 1. The van der Waals surface area contributed by atoms with Gasteiger partial charge in [-0.15, -0.1) is 0 Å². The minimum absolute atomic E-state index is 0.0325. The highest BCUT2D eigenvalue weighted by molar-refractivity contribution is 5.93. The number of nitrogens with one attached hydrogen (secondary N) is 1. The Labute approximate surface area is 144 Å². The molecule has 0 aromatic heterocycles. The number of nitrogens with zero attached hydrogens (tertiary/aromatic N) is 1. The standard InChI is InChI=1S/C19H28N2O3/c22-19(14-21-11-5-1-2-6-12-21)20-17-9-3-4-10-18(17)24-15-16-8-7-13-23-16/h3-4,9-10,16H,1-2,5-8,11-15H2,(H,20,22). The maximum atomic E-state index is 12.4. The molecular weight excluding hydrogens is 304 g/mol. The van der Waals surface area contributed by atoms with Crippen molar-refractivity contribution in [2.24, 2.45) is 0 Å². The second-order valence-corrected chi connectivity index (χ2v) is 6.68. The van der Waals surface area contributed by atoms with Gasteiger partial charge in [0.1, 0.15) is 12.4 Å². The van der Waals surface area contributed by atoms with Crippen LogP contribution in [0.25, 0.3) is 0 Å². The Balaban J connectivity index is 1.52. The lowest BCUT2D eigenvalue weighted by Crippen LogP contribution is -2.34. The maximum Gasteiger partial charge on any atom is 0.238 e. The zero-order valence-electron chi connectivity index (χ0n) is 14.3. The van der Waals surface area contributed by atoms with Crippen LogP contribution in [0.3, 0.4) is 0 Å². The summed E-state index contributed by atoms with van der Waals surface area (Å²) in [7, 11) is 0. The first-order valence-corrected chi connectivity index (χ1v) is 9.17. The molecule has 0 spiro atoms. The molecule has 0 bridgehead atoms. The van der Waals surface area contributed by atoms with Crippen LogP contribution >= 0.6 is 0 Å². The molecule has 2 aliphatic heterocycles. The van der Waals surface area contributed by atoms with Gasteiger partial charge >= 0.3 is 0 Å². The Bertz CT molecular complexity index is 521. The number of carbonyl (C=O) groups is 1. The summed E-state index contributed by atoms with van der Waals surface area (Å²) in [4.78, 5) is 14.6. The molecular formula is C19H28N2O3. The zero-order chi connectivity index (χ0) is 16.6. The molecule has 1 amide bonds. The van der Waals surface area contributed by atoms with Crippen molar-refractivity contribution in [3.05, 3.63) is 24.3 Å². The molecule has 1 aromatic rings. The molecule has 2 heterocycles.